The second-order valence-corrected chi connectivity index (χ2v) is 6.04. The van der Waals surface area contributed by atoms with Gasteiger partial charge >= 0.3 is 0 Å². The first-order valence-electron chi connectivity index (χ1n) is 5.29. The highest BCUT2D eigenvalue weighted by Crippen LogP contribution is 2.32. The molecule has 1 aromatic carbocycles. The van der Waals surface area contributed by atoms with E-state index in [9.17, 15) is 5.26 Å². The molecule has 1 atom stereocenters. The van der Waals surface area contributed by atoms with Crippen LogP contribution in [-0.2, 0) is 0 Å². The van der Waals surface area contributed by atoms with E-state index in [4.69, 9.17) is 4.74 Å². The number of anilines is 1. The number of methoxy groups -OCH3 is 1. The first-order valence-corrected chi connectivity index (χ1v) is 6.90. The number of halogens is 1. The second-order valence-electron chi connectivity index (χ2n) is 3.55. The third-order valence-electron chi connectivity index (χ3n) is 2.41. The van der Waals surface area contributed by atoms with Crippen molar-refractivity contribution in [2.75, 3.05) is 12.4 Å². The Morgan fingerprint density at radius 3 is 2.72 bits per heavy atom. The first-order chi connectivity index (χ1) is 8.74. The lowest BCUT2D eigenvalue weighted by molar-refractivity contribution is 0.416. The molecule has 0 radical (unpaired) electrons. The van der Waals surface area contributed by atoms with Crippen LogP contribution < -0.4 is 10.1 Å². The molecule has 92 valence electrons. The Morgan fingerprint density at radius 1 is 1.33 bits per heavy atom. The molecule has 2 rings (SSSR count). The quantitative estimate of drug-likeness (QED) is 0.917. The summed E-state index contributed by atoms with van der Waals surface area (Å²) in [5.41, 5.74) is 0.816. The number of nitrogens with one attached hydrogen (secondary N) is 1. The van der Waals surface area contributed by atoms with Crippen LogP contribution in [0.4, 0.5) is 5.69 Å². The lowest BCUT2D eigenvalue weighted by Crippen LogP contribution is -2.07. The summed E-state index contributed by atoms with van der Waals surface area (Å²) in [6.07, 6.45) is 0. The van der Waals surface area contributed by atoms with Gasteiger partial charge in [0.2, 0.25) is 0 Å². The highest BCUT2D eigenvalue weighted by Gasteiger charge is 2.14. The molecule has 0 fully saturated rings. The van der Waals surface area contributed by atoms with Crippen LogP contribution in [0.2, 0.25) is 0 Å². The number of thiophene rings is 1. The van der Waals surface area contributed by atoms with Crippen molar-refractivity contribution in [3.63, 3.8) is 0 Å². The minimum absolute atomic E-state index is 0.377. The Labute approximate surface area is 118 Å². The van der Waals surface area contributed by atoms with E-state index >= 15 is 0 Å². The Bertz CT molecular complexity index is 576. The SMILES string of the molecule is COc1ccccc1NC(C#N)c1ccc(Br)s1. The van der Waals surface area contributed by atoms with Gasteiger partial charge < -0.3 is 10.1 Å². The average molecular weight is 323 g/mol. The summed E-state index contributed by atoms with van der Waals surface area (Å²) < 4.78 is 6.27. The molecule has 18 heavy (non-hydrogen) atoms. The normalized spacial score (nSPS) is 11.6. The molecule has 0 aliphatic carbocycles. The third kappa shape index (κ3) is 2.84. The van der Waals surface area contributed by atoms with E-state index in [1.807, 2.05) is 36.4 Å². The number of nitrogens with zero attached hydrogens (tertiary/aromatic N) is 1. The van der Waals surface area contributed by atoms with E-state index in [1.54, 1.807) is 18.4 Å². The predicted octanol–water partition coefficient (Wildman–Crippen LogP) is 4.20. The van der Waals surface area contributed by atoms with Gasteiger partial charge in [-0.3, -0.25) is 0 Å². The lowest BCUT2D eigenvalue weighted by Gasteiger charge is -2.14. The van der Waals surface area contributed by atoms with Gasteiger partial charge in [-0.2, -0.15) is 5.26 Å². The number of hydrogen-bond donors (Lipinski definition) is 1. The van der Waals surface area contributed by atoms with Gasteiger partial charge in [-0.05, 0) is 40.2 Å². The second kappa shape index (κ2) is 5.89. The average Bonchev–Trinajstić information content (AvgIpc) is 2.83. The molecule has 1 heterocycles. The molecule has 0 aliphatic rings. The number of hydrogen-bond acceptors (Lipinski definition) is 4. The lowest BCUT2D eigenvalue weighted by atomic mass is 10.2. The van der Waals surface area contributed by atoms with E-state index in [1.165, 1.54) is 0 Å². The van der Waals surface area contributed by atoms with E-state index < -0.39 is 0 Å². The molecular formula is C13H11BrN2OS. The summed E-state index contributed by atoms with van der Waals surface area (Å²) in [5, 5.41) is 12.4. The van der Waals surface area contributed by atoms with E-state index in [0.717, 1.165) is 20.1 Å². The Kier molecular flexibility index (Phi) is 4.24. The Balaban J connectivity index is 2.24. The van der Waals surface area contributed by atoms with Crippen molar-refractivity contribution in [3.8, 4) is 11.8 Å². The van der Waals surface area contributed by atoms with Gasteiger partial charge in [0.15, 0.2) is 0 Å². The largest absolute Gasteiger partial charge is 0.495 e. The van der Waals surface area contributed by atoms with Crippen LogP contribution in [0.1, 0.15) is 10.9 Å². The highest BCUT2D eigenvalue weighted by molar-refractivity contribution is 9.11. The Hall–Kier alpha value is -1.51. The highest BCUT2D eigenvalue weighted by atomic mass is 79.9. The zero-order valence-electron chi connectivity index (χ0n) is 9.68. The zero-order valence-corrected chi connectivity index (χ0v) is 12.1. The zero-order chi connectivity index (χ0) is 13.0. The summed E-state index contributed by atoms with van der Waals surface area (Å²) in [4.78, 5) is 0.968. The summed E-state index contributed by atoms with van der Waals surface area (Å²) in [6.45, 7) is 0. The van der Waals surface area contributed by atoms with Gasteiger partial charge in [0, 0.05) is 4.88 Å². The third-order valence-corrected chi connectivity index (χ3v) is 4.10. The van der Waals surface area contributed by atoms with Gasteiger partial charge in [0.05, 0.1) is 22.7 Å². The fraction of sp³-hybridized carbons (Fsp3) is 0.154. The van der Waals surface area contributed by atoms with Gasteiger partial charge in [-0.15, -0.1) is 11.3 Å². The maximum Gasteiger partial charge on any atom is 0.149 e. The number of ether oxygens (including phenoxy) is 1. The minimum Gasteiger partial charge on any atom is -0.495 e. The van der Waals surface area contributed by atoms with E-state index in [0.29, 0.717) is 0 Å². The van der Waals surface area contributed by atoms with Gasteiger partial charge in [0.1, 0.15) is 11.8 Å². The molecule has 0 spiro atoms. The molecule has 2 aromatic rings. The molecule has 0 saturated heterocycles. The number of rotatable bonds is 4. The Morgan fingerprint density at radius 2 is 2.11 bits per heavy atom. The van der Waals surface area contributed by atoms with Gasteiger partial charge in [-0.1, -0.05) is 12.1 Å². The summed E-state index contributed by atoms with van der Waals surface area (Å²) in [7, 11) is 1.61. The van der Waals surface area contributed by atoms with Crippen LogP contribution in [0.15, 0.2) is 40.2 Å². The summed E-state index contributed by atoms with van der Waals surface area (Å²) in [6, 6.07) is 13.3. The number of nitriles is 1. The molecule has 3 nitrogen and oxygen atoms in total. The van der Waals surface area contributed by atoms with Crippen molar-refractivity contribution in [3.05, 3.63) is 45.1 Å². The van der Waals surface area contributed by atoms with Crippen molar-refractivity contribution in [1.82, 2.24) is 0 Å². The molecule has 5 heteroatoms. The molecule has 1 N–H and O–H groups in total. The van der Waals surface area contributed by atoms with E-state index in [2.05, 4.69) is 27.3 Å². The smallest absolute Gasteiger partial charge is 0.149 e. The molecular weight excluding hydrogens is 312 g/mol. The van der Waals surface area contributed by atoms with Crippen molar-refractivity contribution in [2.45, 2.75) is 6.04 Å². The van der Waals surface area contributed by atoms with Crippen molar-refractivity contribution in [1.29, 1.82) is 5.26 Å². The maximum absolute atomic E-state index is 9.25. The summed E-state index contributed by atoms with van der Waals surface area (Å²) >= 11 is 4.94. The van der Waals surface area contributed by atoms with Crippen molar-refractivity contribution < 1.29 is 4.74 Å². The molecule has 0 saturated carbocycles. The van der Waals surface area contributed by atoms with Crippen LogP contribution in [0.3, 0.4) is 0 Å². The van der Waals surface area contributed by atoms with Crippen molar-refractivity contribution >= 4 is 33.0 Å². The topological polar surface area (TPSA) is 45.0 Å². The maximum atomic E-state index is 9.25. The van der Waals surface area contributed by atoms with Crippen LogP contribution in [0.5, 0.6) is 5.75 Å². The minimum atomic E-state index is -0.377. The molecule has 0 bridgehead atoms. The number of para-hydroxylation sites is 2. The van der Waals surface area contributed by atoms with Gasteiger partial charge in [-0.25, -0.2) is 0 Å². The monoisotopic (exact) mass is 322 g/mol. The van der Waals surface area contributed by atoms with E-state index in [-0.39, 0.29) is 6.04 Å². The molecule has 1 unspecified atom stereocenters. The van der Waals surface area contributed by atoms with Crippen LogP contribution >= 0.6 is 27.3 Å². The van der Waals surface area contributed by atoms with Gasteiger partial charge in [0.25, 0.3) is 0 Å². The first kappa shape index (κ1) is 12.9. The summed E-state index contributed by atoms with van der Waals surface area (Å²) in [5.74, 6) is 0.730. The van der Waals surface area contributed by atoms with Crippen molar-refractivity contribution in [2.24, 2.45) is 0 Å². The number of benzene rings is 1. The van der Waals surface area contributed by atoms with Crippen LogP contribution in [-0.4, -0.2) is 7.11 Å². The molecule has 0 amide bonds. The fourth-order valence-electron chi connectivity index (χ4n) is 1.57. The fourth-order valence-corrected chi connectivity index (χ4v) is 2.99. The van der Waals surface area contributed by atoms with Crippen LogP contribution in [0, 0.1) is 11.3 Å². The molecule has 0 aliphatic heterocycles. The van der Waals surface area contributed by atoms with Crippen LogP contribution in [0.25, 0.3) is 0 Å². The standard InChI is InChI=1S/C13H11BrN2OS/c1-17-11-5-3-2-4-9(11)16-10(8-15)12-6-7-13(14)18-12/h2-7,10,16H,1H3. The molecule has 1 aromatic heterocycles. The predicted molar refractivity (Wildman–Crippen MR) is 77.0 cm³/mol.